The van der Waals surface area contributed by atoms with E-state index in [0.29, 0.717) is 12.0 Å². The Labute approximate surface area is 121 Å². The van der Waals surface area contributed by atoms with Gasteiger partial charge in [0.05, 0.1) is 0 Å². The van der Waals surface area contributed by atoms with Crippen molar-refractivity contribution in [2.45, 2.75) is 32.4 Å². The third-order valence-electron chi connectivity index (χ3n) is 4.64. The van der Waals surface area contributed by atoms with E-state index in [1.54, 1.807) is 0 Å². The van der Waals surface area contributed by atoms with E-state index in [1.807, 2.05) is 0 Å². The Morgan fingerprint density at radius 2 is 1.90 bits per heavy atom. The summed E-state index contributed by atoms with van der Waals surface area (Å²) >= 11 is 0. The number of hydrogen-bond acceptors (Lipinski definition) is 2. The minimum Gasteiger partial charge on any atom is -0.330 e. The molecule has 2 N–H and O–H groups in total. The van der Waals surface area contributed by atoms with Crippen LogP contribution in [0.15, 0.2) is 42.5 Å². The first kappa shape index (κ1) is 13.6. The van der Waals surface area contributed by atoms with Gasteiger partial charge >= 0.3 is 0 Å². The molecule has 1 aliphatic heterocycles. The molecule has 0 spiro atoms. The van der Waals surface area contributed by atoms with Gasteiger partial charge in [-0.2, -0.15) is 0 Å². The third kappa shape index (κ3) is 2.87. The van der Waals surface area contributed by atoms with E-state index in [-0.39, 0.29) is 0 Å². The molecule has 0 amide bonds. The molecule has 0 radical (unpaired) electrons. The molecule has 1 aliphatic rings. The number of benzene rings is 2. The zero-order chi connectivity index (χ0) is 13.9. The largest absolute Gasteiger partial charge is 0.330 e. The maximum atomic E-state index is 5.85. The van der Waals surface area contributed by atoms with Crippen LogP contribution in [0.5, 0.6) is 0 Å². The van der Waals surface area contributed by atoms with Crippen molar-refractivity contribution in [2.75, 3.05) is 13.1 Å². The van der Waals surface area contributed by atoms with E-state index in [4.69, 9.17) is 5.73 Å². The summed E-state index contributed by atoms with van der Waals surface area (Å²) in [6.07, 6.45) is 2.56. The quantitative estimate of drug-likeness (QED) is 0.924. The Kier molecular flexibility index (Phi) is 4.04. The Balaban J connectivity index is 1.77. The fourth-order valence-corrected chi connectivity index (χ4v) is 3.25. The maximum Gasteiger partial charge on any atom is 0.0236 e. The molecular weight excluding hydrogens is 244 g/mol. The molecule has 1 heterocycles. The van der Waals surface area contributed by atoms with Gasteiger partial charge in [-0.1, -0.05) is 36.4 Å². The van der Waals surface area contributed by atoms with Crippen LogP contribution in [0.25, 0.3) is 10.8 Å². The summed E-state index contributed by atoms with van der Waals surface area (Å²) < 4.78 is 0. The Morgan fingerprint density at radius 1 is 1.10 bits per heavy atom. The van der Waals surface area contributed by atoms with Gasteiger partial charge in [0, 0.05) is 19.1 Å². The topological polar surface area (TPSA) is 29.3 Å². The highest BCUT2D eigenvalue weighted by Crippen LogP contribution is 2.24. The highest BCUT2D eigenvalue weighted by molar-refractivity contribution is 5.82. The van der Waals surface area contributed by atoms with Gasteiger partial charge in [-0.3, -0.25) is 4.90 Å². The van der Waals surface area contributed by atoms with E-state index in [0.717, 1.165) is 19.6 Å². The molecule has 2 unspecified atom stereocenters. The summed E-state index contributed by atoms with van der Waals surface area (Å²) in [5.74, 6) is 0.673. The highest BCUT2D eigenvalue weighted by Gasteiger charge is 2.24. The number of nitrogens with zero attached hydrogens (tertiary/aromatic N) is 1. The molecule has 0 aromatic heterocycles. The molecule has 0 saturated carbocycles. The predicted octanol–water partition coefficient (Wildman–Crippen LogP) is 3.40. The summed E-state index contributed by atoms with van der Waals surface area (Å²) in [4.78, 5) is 2.59. The predicted molar refractivity (Wildman–Crippen MR) is 85.6 cm³/mol. The van der Waals surface area contributed by atoms with Crippen LogP contribution in [0.3, 0.4) is 0 Å². The lowest BCUT2D eigenvalue weighted by Gasteiger charge is -2.37. The monoisotopic (exact) mass is 268 g/mol. The second-order valence-electron chi connectivity index (χ2n) is 6.14. The fourth-order valence-electron chi connectivity index (χ4n) is 3.25. The van der Waals surface area contributed by atoms with Gasteiger partial charge in [0.15, 0.2) is 0 Å². The number of rotatable bonds is 3. The number of hydrogen-bond donors (Lipinski definition) is 1. The Bertz CT molecular complexity index is 578. The van der Waals surface area contributed by atoms with E-state index in [9.17, 15) is 0 Å². The summed E-state index contributed by atoms with van der Waals surface area (Å²) in [5.41, 5.74) is 7.26. The minimum atomic E-state index is 0.671. The van der Waals surface area contributed by atoms with Crippen LogP contribution in [0.1, 0.15) is 25.3 Å². The molecule has 2 atom stereocenters. The Morgan fingerprint density at radius 3 is 2.70 bits per heavy atom. The summed E-state index contributed by atoms with van der Waals surface area (Å²) in [6, 6.07) is 16.1. The number of fused-ring (bicyclic) bond motifs is 1. The number of piperidine rings is 1. The normalized spacial score (nSPS) is 24.1. The molecule has 2 heteroatoms. The summed E-state index contributed by atoms with van der Waals surface area (Å²) in [7, 11) is 0. The molecule has 2 aromatic carbocycles. The van der Waals surface area contributed by atoms with E-state index in [1.165, 1.54) is 29.2 Å². The molecule has 106 valence electrons. The molecule has 0 bridgehead atoms. The van der Waals surface area contributed by atoms with Crippen molar-refractivity contribution in [3.05, 3.63) is 48.0 Å². The van der Waals surface area contributed by atoms with Crippen LogP contribution in [-0.2, 0) is 6.54 Å². The lowest BCUT2D eigenvalue weighted by Crippen LogP contribution is -2.43. The van der Waals surface area contributed by atoms with Gasteiger partial charge in [0.2, 0.25) is 0 Å². The Hall–Kier alpha value is -1.38. The van der Waals surface area contributed by atoms with E-state index < -0.39 is 0 Å². The SMILES string of the molecule is CC1CCC(CN)CN1Cc1ccc2ccccc2c1. The van der Waals surface area contributed by atoms with Crippen LogP contribution in [-0.4, -0.2) is 24.0 Å². The maximum absolute atomic E-state index is 5.85. The zero-order valence-electron chi connectivity index (χ0n) is 12.3. The van der Waals surface area contributed by atoms with Crippen molar-refractivity contribution >= 4 is 10.8 Å². The van der Waals surface area contributed by atoms with Crippen LogP contribution >= 0.6 is 0 Å². The van der Waals surface area contributed by atoms with Crippen LogP contribution in [0, 0.1) is 5.92 Å². The summed E-state index contributed by atoms with van der Waals surface area (Å²) in [6.45, 7) is 5.35. The van der Waals surface area contributed by atoms with Crippen molar-refractivity contribution in [1.29, 1.82) is 0 Å². The zero-order valence-corrected chi connectivity index (χ0v) is 12.3. The van der Waals surface area contributed by atoms with Gasteiger partial charge in [-0.05, 0) is 54.6 Å². The van der Waals surface area contributed by atoms with E-state index >= 15 is 0 Å². The van der Waals surface area contributed by atoms with Gasteiger partial charge < -0.3 is 5.73 Å². The first-order valence-corrected chi connectivity index (χ1v) is 7.68. The van der Waals surface area contributed by atoms with Crippen molar-refractivity contribution in [2.24, 2.45) is 11.7 Å². The lowest BCUT2D eigenvalue weighted by molar-refractivity contribution is 0.113. The lowest BCUT2D eigenvalue weighted by atomic mass is 9.93. The molecular formula is C18H24N2. The molecule has 2 nitrogen and oxygen atoms in total. The van der Waals surface area contributed by atoms with Crippen molar-refractivity contribution < 1.29 is 0 Å². The van der Waals surface area contributed by atoms with E-state index in [2.05, 4.69) is 54.3 Å². The van der Waals surface area contributed by atoms with Crippen molar-refractivity contribution in [3.63, 3.8) is 0 Å². The fraction of sp³-hybridized carbons (Fsp3) is 0.444. The van der Waals surface area contributed by atoms with Gasteiger partial charge in [0.1, 0.15) is 0 Å². The van der Waals surface area contributed by atoms with Crippen molar-refractivity contribution in [1.82, 2.24) is 4.90 Å². The molecule has 1 saturated heterocycles. The second-order valence-corrected chi connectivity index (χ2v) is 6.14. The highest BCUT2D eigenvalue weighted by atomic mass is 15.2. The van der Waals surface area contributed by atoms with Crippen molar-refractivity contribution in [3.8, 4) is 0 Å². The standard InChI is InChI=1S/C18H24N2/c1-14-6-7-16(11-19)13-20(14)12-15-8-9-17-4-2-3-5-18(17)10-15/h2-5,8-10,14,16H,6-7,11-13,19H2,1H3. The van der Waals surface area contributed by atoms with Crippen LogP contribution < -0.4 is 5.73 Å². The molecule has 2 aromatic rings. The summed E-state index contributed by atoms with van der Waals surface area (Å²) in [5, 5.41) is 2.66. The van der Waals surface area contributed by atoms with Gasteiger partial charge in [-0.15, -0.1) is 0 Å². The smallest absolute Gasteiger partial charge is 0.0236 e. The number of likely N-dealkylation sites (tertiary alicyclic amines) is 1. The first-order chi connectivity index (χ1) is 9.76. The first-order valence-electron chi connectivity index (χ1n) is 7.68. The van der Waals surface area contributed by atoms with Gasteiger partial charge in [0.25, 0.3) is 0 Å². The molecule has 1 fully saturated rings. The molecule has 0 aliphatic carbocycles. The third-order valence-corrected chi connectivity index (χ3v) is 4.64. The average molecular weight is 268 g/mol. The minimum absolute atomic E-state index is 0.671. The van der Waals surface area contributed by atoms with Crippen LogP contribution in [0.4, 0.5) is 0 Å². The molecule has 3 rings (SSSR count). The number of nitrogens with two attached hydrogens (primary N) is 1. The van der Waals surface area contributed by atoms with Gasteiger partial charge in [-0.25, -0.2) is 0 Å². The van der Waals surface area contributed by atoms with Crippen LogP contribution in [0.2, 0.25) is 0 Å². The average Bonchev–Trinajstić information content (AvgIpc) is 2.49. The second kappa shape index (κ2) is 5.94. The molecule has 20 heavy (non-hydrogen) atoms.